The van der Waals surface area contributed by atoms with Crippen LogP contribution in [0.5, 0.6) is 0 Å². The average Bonchev–Trinajstić information content (AvgIpc) is 2.72. The minimum Gasteiger partial charge on any atom is -0.425 e. The van der Waals surface area contributed by atoms with Gasteiger partial charge in [-0.05, 0) is 53.7 Å². The highest BCUT2D eigenvalue weighted by Gasteiger charge is 2.59. The molecule has 0 aliphatic carbocycles. The maximum Gasteiger partial charge on any atom is 0.335 e. The Hall–Kier alpha value is -2.83. The van der Waals surface area contributed by atoms with Gasteiger partial charge in [-0.2, -0.15) is 5.26 Å². The molecule has 138 valence electrons. The second-order valence-corrected chi connectivity index (χ2v) is 8.63. The first kappa shape index (κ1) is 18.5. The Bertz CT molecular complexity index is 1050. The van der Waals surface area contributed by atoms with E-state index in [2.05, 4.69) is 76.2 Å². The van der Waals surface area contributed by atoms with Gasteiger partial charge in [0, 0.05) is 10.9 Å². The minimum absolute atomic E-state index is 0.00172. The van der Waals surface area contributed by atoms with E-state index in [4.69, 9.17) is 4.65 Å². The number of rotatable bonds is 3. The molecular weight excluding hydrogens is 341 g/mol. The van der Waals surface area contributed by atoms with Gasteiger partial charge in [0.2, 0.25) is 0 Å². The highest BCUT2D eigenvalue weighted by atomic mass is 16.5. The molecule has 0 spiro atoms. The van der Waals surface area contributed by atoms with Gasteiger partial charge >= 0.3 is 6.92 Å². The van der Waals surface area contributed by atoms with Crippen LogP contribution < -0.4 is 5.46 Å². The van der Waals surface area contributed by atoms with Gasteiger partial charge in [0.15, 0.2) is 0 Å². The monoisotopic (exact) mass is 365 g/mol. The number of nitriles is 1. The molecule has 1 saturated heterocycles. The predicted octanol–water partition coefficient (Wildman–Crippen LogP) is 5.68. The number of nitrogens with zero attached hydrogens (tertiary/aromatic N) is 1. The Labute approximate surface area is 167 Å². The molecule has 1 fully saturated rings. The van der Waals surface area contributed by atoms with E-state index in [1.54, 1.807) is 0 Å². The van der Waals surface area contributed by atoms with E-state index in [9.17, 15) is 5.26 Å². The summed E-state index contributed by atoms with van der Waals surface area (Å²) in [5.41, 5.74) is 6.12. The van der Waals surface area contributed by atoms with E-state index in [0.717, 1.165) is 16.6 Å². The standard InChI is InChI=1S/C25H24BNO/c1-24(2)25(3,4)28-26(24)23-15-18(17-27)14-22(16-23)21-12-10-20(11-13-21)19-8-6-5-7-9-19/h5-16H,1-4H3. The van der Waals surface area contributed by atoms with E-state index < -0.39 is 0 Å². The number of hydrogen-bond donors (Lipinski definition) is 0. The van der Waals surface area contributed by atoms with Gasteiger partial charge in [0.25, 0.3) is 0 Å². The van der Waals surface area contributed by atoms with Crippen LogP contribution in [0.2, 0.25) is 5.31 Å². The molecule has 28 heavy (non-hydrogen) atoms. The van der Waals surface area contributed by atoms with Gasteiger partial charge in [0.05, 0.1) is 11.6 Å². The molecule has 1 aliphatic rings. The highest BCUT2D eigenvalue weighted by molar-refractivity contribution is 6.73. The molecule has 0 N–H and O–H groups in total. The van der Waals surface area contributed by atoms with Crippen molar-refractivity contribution in [2.45, 2.75) is 38.6 Å². The Morgan fingerprint density at radius 1 is 0.750 bits per heavy atom. The van der Waals surface area contributed by atoms with Crippen LogP contribution in [0, 0.1) is 11.3 Å². The first-order chi connectivity index (χ1) is 13.3. The van der Waals surface area contributed by atoms with Crippen molar-refractivity contribution in [3.8, 4) is 28.3 Å². The first-order valence-corrected chi connectivity index (χ1v) is 9.70. The molecule has 0 saturated carbocycles. The van der Waals surface area contributed by atoms with Gasteiger partial charge in [-0.15, -0.1) is 0 Å². The molecule has 0 amide bonds. The summed E-state index contributed by atoms with van der Waals surface area (Å²) in [4.78, 5) is 0. The molecule has 0 bridgehead atoms. The smallest absolute Gasteiger partial charge is 0.335 e. The third-order valence-electron chi connectivity index (χ3n) is 6.33. The predicted molar refractivity (Wildman–Crippen MR) is 117 cm³/mol. The summed E-state index contributed by atoms with van der Waals surface area (Å²) >= 11 is 0. The van der Waals surface area contributed by atoms with Crippen molar-refractivity contribution in [1.82, 2.24) is 0 Å². The summed E-state index contributed by atoms with van der Waals surface area (Å²) in [5.74, 6) is 0. The van der Waals surface area contributed by atoms with E-state index in [1.165, 1.54) is 11.1 Å². The maximum atomic E-state index is 9.54. The lowest BCUT2D eigenvalue weighted by Crippen LogP contribution is -2.66. The Morgan fingerprint density at radius 2 is 1.32 bits per heavy atom. The first-order valence-electron chi connectivity index (χ1n) is 9.70. The largest absolute Gasteiger partial charge is 0.425 e. The van der Waals surface area contributed by atoms with Crippen molar-refractivity contribution in [1.29, 1.82) is 5.26 Å². The summed E-state index contributed by atoms with van der Waals surface area (Å²) in [5, 5.41) is 9.55. The van der Waals surface area contributed by atoms with E-state index in [0.29, 0.717) is 5.56 Å². The average molecular weight is 365 g/mol. The van der Waals surface area contributed by atoms with Crippen molar-refractivity contribution >= 4 is 12.4 Å². The van der Waals surface area contributed by atoms with Crippen LogP contribution in [0.15, 0.2) is 72.8 Å². The molecule has 0 unspecified atom stereocenters. The fourth-order valence-electron chi connectivity index (χ4n) is 3.86. The van der Waals surface area contributed by atoms with Crippen molar-refractivity contribution in [2.24, 2.45) is 0 Å². The topological polar surface area (TPSA) is 33.0 Å². The molecule has 2 nitrogen and oxygen atoms in total. The zero-order valence-electron chi connectivity index (χ0n) is 16.9. The molecule has 0 atom stereocenters. The van der Waals surface area contributed by atoms with Crippen LogP contribution in [-0.2, 0) is 4.65 Å². The molecule has 4 rings (SSSR count). The summed E-state index contributed by atoms with van der Waals surface area (Å²) in [6, 6.07) is 27.3. The van der Waals surface area contributed by atoms with Gasteiger partial charge in [-0.1, -0.05) is 74.5 Å². The van der Waals surface area contributed by atoms with E-state index in [-0.39, 0.29) is 17.8 Å². The lowest BCUT2D eigenvalue weighted by molar-refractivity contribution is -0.00939. The highest BCUT2D eigenvalue weighted by Crippen LogP contribution is 2.53. The van der Waals surface area contributed by atoms with E-state index >= 15 is 0 Å². The zero-order valence-corrected chi connectivity index (χ0v) is 16.9. The lowest BCUT2D eigenvalue weighted by atomic mass is 9.33. The molecule has 3 aromatic carbocycles. The Balaban J connectivity index is 1.70. The van der Waals surface area contributed by atoms with Crippen molar-refractivity contribution in [2.75, 3.05) is 0 Å². The summed E-state index contributed by atoms with van der Waals surface area (Å²) in [6.45, 7) is 8.71. The molecule has 1 aliphatic heterocycles. The summed E-state index contributed by atoms with van der Waals surface area (Å²) in [6.07, 6.45) is 0. The van der Waals surface area contributed by atoms with Crippen LogP contribution in [0.3, 0.4) is 0 Å². The van der Waals surface area contributed by atoms with Crippen LogP contribution in [0.4, 0.5) is 0 Å². The normalized spacial score (nSPS) is 16.9. The summed E-state index contributed by atoms with van der Waals surface area (Å²) < 4.78 is 6.19. The van der Waals surface area contributed by atoms with Crippen LogP contribution >= 0.6 is 0 Å². The number of benzene rings is 3. The Morgan fingerprint density at radius 3 is 1.86 bits per heavy atom. The second-order valence-electron chi connectivity index (χ2n) is 8.63. The van der Waals surface area contributed by atoms with Crippen molar-refractivity contribution in [3.63, 3.8) is 0 Å². The number of hydrogen-bond acceptors (Lipinski definition) is 2. The van der Waals surface area contributed by atoms with E-state index in [1.807, 2.05) is 30.3 Å². The van der Waals surface area contributed by atoms with Crippen LogP contribution in [0.25, 0.3) is 22.3 Å². The molecule has 3 heteroatoms. The second kappa shape index (κ2) is 6.65. The molecule has 1 heterocycles. The van der Waals surface area contributed by atoms with Crippen LogP contribution in [-0.4, -0.2) is 12.5 Å². The molecule has 0 aromatic heterocycles. The quantitative estimate of drug-likeness (QED) is 0.560. The fraction of sp³-hybridized carbons (Fsp3) is 0.240. The lowest BCUT2D eigenvalue weighted by Gasteiger charge is -2.57. The SMILES string of the molecule is CC1(C)OB(c2cc(C#N)cc(-c3ccc(-c4ccccc4)cc3)c2)C1(C)C. The zero-order chi connectivity index (χ0) is 19.9. The van der Waals surface area contributed by atoms with Gasteiger partial charge in [-0.3, -0.25) is 0 Å². The third kappa shape index (κ3) is 3.05. The summed E-state index contributed by atoms with van der Waals surface area (Å²) in [7, 11) is 0. The maximum absolute atomic E-state index is 9.54. The van der Waals surface area contributed by atoms with Crippen molar-refractivity contribution < 1.29 is 4.65 Å². The van der Waals surface area contributed by atoms with Crippen LogP contribution in [0.1, 0.15) is 33.3 Å². The third-order valence-corrected chi connectivity index (χ3v) is 6.33. The molecular formula is C25H24BNO. The van der Waals surface area contributed by atoms with Gasteiger partial charge in [-0.25, -0.2) is 0 Å². The van der Waals surface area contributed by atoms with Gasteiger partial charge in [0.1, 0.15) is 0 Å². The van der Waals surface area contributed by atoms with Crippen molar-refractivity contribution in [3.05, 3.63) is 78.4 Å². The Kier molecular flexibility index (Phi) is 4.40. The minimum atomic E-state index is -0.169. The fourth-order valence-corrected chi connectivity index (χ4v) is 3.86. The van der Waals surface area contributed by atoms with Gasteiger partial charge < -0.3 is 4.65 Å². The molecule has 3 aromatic rings. The molecule has 0 radical (unpaired) electrons.